The van der Waals surface area contributed by atoms with E-state index in [1.807, 2.05) is 47.9 Å². The summed E-state index contributed by atoms with van der Waals surface area (Å²) in [6, 6.07) is 18.0. The quantitative estimate of drug-likeness (QED) is 0.100. The summed E-state index contributed by atoms with van der Waals surface area (Å²) in [5.41, 5.74) is 3.17. The molecule has 0 spiro atoms. The molecule has 2 aromatic carbocycles. The van der Waals surface area contributed by atoms with Gasteiger partial charge in [-0.25, -0.2) is 4.99 Å². The molecule has 0 bridgehead atoms. The van der Waals surface area contributed by atoms with E-state index in [2.05, 4.69) is 15.5 Å². The number of rotatable bonds is 10. The summed E-state index contributed by atoms with van der Waals surface area (Å²) in [5, 5.41) is 24.6. The number of carbonyl (C=O) groups excluding carboxylic acids is 1. The average Bonchev–Trinajstić information content (AvgIpc) is 3.78. The van der Waals surface area contributed by atoms with Gasteiger partial charge in [0, 0.05) is 46.8 Å². The number of aliphatic imine (C=N–C) groups is 1. The number of nitrogens with zero attached hydrogens (tertiary/aromatic N) is 5. The number of hydrogen-bond donors (Lipinski definition) is 1. The van der Waals surface area contributed by atoms with E-state index in [9.17, 15) is 14.9 Å². The summed E-state index contributed by atoms with van der Waals surface area (Å²) in [6.45, 7) is 3.00. The third kappa shape index (κ3) is 6.15. The van der Waals surface area contributed by atoms with Crippen LogP contribution in [0.15, 0.2) is 86.4 Å². The molecule has 12 heteroatoms. The fourth-order valence-electron chi connectivity index (χ4n) is 5.05. The maximum atomic E-state index is 13.5. The summed E-state index contributed by atoms with van der Waals surface area (Å²) in [7, 11) is 0. The van der Waals surface area contributed by atoms with Crippen LogP contribution < -0.4 is 5.32 Å². The smallest absolute Gasteiger partial charge is 0.270 e. The number of amides is 1. The molecule has 3 heterocycles. The van der Waals surface area contributed by atoms with Gasteiger partial charge in [0.2, 0.25) is 0 Å². The second kappa shape index (κ2) is 12.8. The number of aromatic nitrogens is 3. The normalized spacial score (nSPS) is 12.9. The standard InChI is InChI=1S/C31H28N6O4S2/c1-2-36-28(24-12-8-16-41-24)34-35-31(36)43-25-15-14-22(37(39)40)17-21(25)19-33-30-27(23-11-6-7-13-26(23)42-30)29(38)32-18-20-9-4-3-5-10-20/h3-5,8-10,12,14-17,19H,2,6-7,11,13,18H2,1H3,(H,32,38). The Morgan fingerprint density at radius 1 is 1.16 bits per heavy atom. The number of furan rings is 1. The number of fused-ring (bicyclic) bond motifs is 1. The van der Waals surface area contributed by atoms with Crippen LogP contribution in [0.4, 0.5) is 10.7 Å². The van der Waals surface area contributed by atoms with Gasteiger partial charge in [-0.3, -0.25) is 19.5 Å². The number of thiophene rings is 1. The molecule has 3 aromatic heterocycles. The fraction of sp³-hybridized carbons (Fsp3) is 0.226. The van der Waals surface area contributed by atoms with Crippen LogP contribution in [0.3, 0.4) is 0 Å². The third-order valence-electron chi connectivity index (χ3n) is 7.18. The van der Waals surface area contributed by atoms with Gasteiger partial charge in [0.25, 0.3) is 11.6 Å². The molecule has 0 radical (unpaired) electrons. The highest BCUT2D eigenvalue weighted by atomic mass is 32.2. The van der Waals surface area contributed by atoms with Crippen LogP contribution in [0.25, 0.3) is 11.6 Å². The van der Waals surface area contributed by atoms with Crippen LogP contribution in [0.2, 0.25) is 0 Å². The van der Waals surface area contributed by atoms with Crippen LogP contribution in [0, 0.1) is 10.1 Å². The van der Waals surface area contributed by atoms with Crippen LogP contribution in [0.5, 0.6) is 0 Å². The van der Waals surface area contributed by atoms with E-state index in [1.165, 1.54) is 40.1 Å². The number of nitrogens with one attached hydrogen (secondary N) is 1. The molecule has 1 aliphatic rings. The molecule has 10 nitrogen and oxygen atoms in total. The molecule has 0 unspecified atom stereocenters. The van der Waals surface area contributed by atoms with Crippen molar-refractivity contribution in [1.82, 2.24) is 20.1 Å². The van der Waals surface area contributed by atoms with E-state index < -0.39 is 4.92 Å². The van der Waals surface area contributed by atoms with E-state index in [4.69, 9.17) is 9.41 Å². The topological polar surface area (TPSA) is 128 Å². The number of carbonyl (C=O) groups is 1. The lowest BCUT2D eigenvalue weighted by Crippen LogP contribution is -2.24. The molecular formula is C31H28N6O4S2. The van der Waals surface area contributed by atoms with Crippen LogP contribution in [-0.2, 0) is 25.9 Å². The maximum absolute atomic E-state index is 13.5. The van der Waals surface area contributed by atoms with Crippen LogP contribution in [0.1, 0.15) is 51.7 Å². The summed E-state index contributed by atoms with van der Waals surface area (Å²) in [4.78, 5) is 31.4. The molecule has 218 valence electrons. The summed E-state index contributed by atoms with van der Waals surface area (Å²) < 4.78 is 7.45. The molecular weight excluding hydrogens is 585 g/mol. The number of non-ortho nitro benzene ring substituents is 1. The van der Waals surface area contributed by atoms with Gasteiger partial charge in [0.05, 0.1) is 16.7 Å². The Labute approximate surface area is 256 Å². The SMILES string of the molecule is CCn1c(Sc2ccc([N+](=O)[O-])cc2C=Nc2sc3c(c2C(=O)NCc2ccccc2)CCCC3)nnc1-c1ccco1. The highest BCUT2D eigenvalue weighted by Crippen LogP contribution is 2.40. The lowest BCUT2D eigenvalue weighted by Gasteiger charge is -2.13. The molecule has 43 heavy (non-hydrogen) atoms. The van der Waals surface area contributed by atoms with Gasteiger partial charge in [-0.05, 0) is 73.7 Å². The minimum atomic E-state index is -0.429. The van der Waals surface area contributed by atoms with Gasteiger partial charge in [0.15, 0.2) is 16.7 Å². The number of hydrogen-bond acceptors (Lipinski definition) is 9. The van der Waals surface area contributed by atoms with Gasteiger partial charge < -0.3 is 9.73 Å². The highest BCUT2D eigenvalue weighted by molar-refractivity contribution is 7.99. The molecule has 0 fully saturated rings. The number of benzene rings is 2. The van der Waals surface area contributed by atoms with Gasteiger partial charge >= 0.3 is 0 Å². The number of nitro benzene ring substituents is 1. The van der Waals surface area contributed by atoms with Gasteiger partial charge in [-0.15, -0.1) is 21.5 Å². The van der Waals surface area contributed by atoms with E-state index in [1.54, 1.807) is 24.6 Å². The predicted molar refractivity (Wildman–Crippen MR) is 166 cm³/mol. The minimum absolute atomic E-state index is 0.0506. The van der Waals surface area contributed by atoms with Gasteiger partial charge in [-0.2, -0.15) is 0 Å². The molecule has 0 saturated heterocycles. The predicted octanol–water partition coefficient (Wildman–Crippen LogP) is 7.24. The van der Waals surface area contributed by atoms with Crippen molar-refractivity contribution in [2.75, 3.05) is 0 Å². The Kier molecular flexibility index (Phi) is 8.47. The zero-order chi connectivity index (χ0) is 29.8. The molecule has 5 aromatic rings. The van der Waals surface area contributed by atoms with E-state index >= 15 is 0 Å². The lowest BCUT2D eigenvalue weighted by atomic mass is 9.95. The van der Waals surface area contributed by atoms with Crippen molar-refractivity contribution in [3.8, 4) is 11.6 Å². The molecule has 0 saturated carbocycles. The summed E-state index contributed by atoms with van der Waals surface area (Å²) >= 11 is 2.86. The first kappa shape index (κ1) is 28.6. The Balaban J connectivity index is 1.34. The zero-order valence-corrected chi connectivity index (χ0v) is 25.0. The summed E-state index contributed by atoms with van der Waals surface area (Å²) in [6.07, 6.45) is 7.04. The fourth-order valence-corrected chi connectivity index (χ4v) is 7.25. The van der Waals surface area contributed by atoms with Gasteiger partial charge in [-0.1, -0.05) is 30.3 Å². The van der Waals surface area contributed by atoms with Crippen LogP contribution >= 0.6 is 23.1 Å². The van der Waals surface area contributed by atoms with E-state index in [-0.39, 0.29) is 11.6 Å². The number of aryl methyl sites for hydroxylation is 1. The lowest BCUT2D eigenvalue weighted by molar-refractivity contribution is -0.384. The second-order valence-corrected chi connectivity index (χ2v) is 12.0. The first-order valence-corrected chi connectivity index (χ1v) is 15.6. The first-order valence-electron chi connectivity index (χ1n) is 14.0. The Bertz CT molecular complexity index is 1790. The monoisotopic (exact) mass is 612 g/mol. The Morgan fingerprint density at radius 3 is 2.77 bits per heavy atom. The zero-order valence-electron chi connectivity index (χ0n) is 23.4. The molecule has 1 N–H and O–H groups in total. The van der Waals surface area contributed by atoms with Crippen molar-refractivity contribution in [3.63, 3.8) is 0 Å². The van der Waals surface area contributed by atoms with Crippen LogP contribution in [-0.4, -0.2) is 31.8 Å². The van der Waals surface area contributed by atoms with Gasteiger partial charge in [0.1, 0.15) is 5.00 Å². The molecule has 1 amide bonds. The average molecular weight is 613 g/mol. The Hall–Kier alpha value is -4.55. The van der Waals surface area contributed by atoms with Crippen molar-refractivity contribution in [3.05, 3.63) is 104 Å². The Morgan fingerprint density at radius 2 is 2.00 bits per heavy atom. The van der Waals surface area contributed by atoms with E-state index in [0.29, 0.717) is 46.0 Å². The second-order valence-electron chi connectivity index (χ2n) is 9.93. The molecule has 6 rings (SSSR count). The first-order chi connectivity index (χ1) is 21.0. The van der Waals surface area contributed by atoms with Crippen molar-refractivity contribution in [2.24, 2.45) is 4.99 Å². The van der Waals surface area contributed by atoms with Crippen molar-refractivity contribution < 1.29 is 14.1 Å². The van der Waals surface area contributed by atoms with E-state index in [0.717, 1.165) is 41.7 Å². The molecule has 1 aliphatic carbocycles. The van der Waals surface area contributed by atoms with Crippen molar-refractivity contribution >= 4 is 45.9 Å². The minimum Gasteiger partial charge on any atom is -0.461 e. The number of nitro groups is 1. The molecule has 0 aliphatic heterocycles. The summed E-state index contributed by atoms with van der Waals surface area (Å²) in [5.74, 6) is 1.04. The highest BCUT2D eigenvalue weighted by Gasteiger charge is 2.25. The largest absolute Gasteiger partial charge is 0.461 e. The third-order valence-corrected chi connectivity index (χ3v) is 9.45. The maximum Gasteiger partial charge on any atom is 0.270 e. The molecule has 0 atom stereocenters. The van der Waals surface area contributed by atoms with Crippen molar-refractivity contribution in [1.29, 1.82) is 0 Å². The van der Waals surface area contributed by atoms with Crippen molar-refractivity contribution in [2.45, 2.75) is 55.7 Å².